The predicted molar refractivity (Wildman–Crippen MR) is 355 cm³/mol. The van der Waals surface area contributed by atoms with E-state index in [9.17, 15) is 79.2 Å². The van der Waals surface area contributed by atoms with Crippen molar-refractivity contribution in [1.82, 2.24) is 31.9 Å². The summed E-state index contributed by atoms with van der Waals surface area (Å²) >= 11 is 2.85. The first-order chi connectivity index (χ1) is 46.0. The van der Waals surface area contributed by atoms with Crippen LogP contribution >= 0.6 is 23.5 Å². The zero-order valence-corrected chi connectivity index (χ0v) is 57.7. The van der Waals surface area contributed by atoms with Crippen LogP contribution < -0.4 is 61.5 Å². The molecule has 0 aromatic heterocycles. The number of aliphatic hydroxyl groups excluding tert-OH is 6. The van der Waals surface area contributed by atoms with Gasteiger partial charge in [0.2, 0.25) is 23.6 Å². The maximum Gasteiger partial charge on any atom is 1.00 e. The normalized spacial score (nSPS) is 21.8. The minimum Gasteiger partial charge on any atom is -0.477 e. The summed E-state index contributed by atoms with van der Waals surface area (Å²) in [5.41, 5.74) is 5.90. The number of thioether (sulfide) groups is 2. The number of rotatable bonds is 36. The second-order valence-electron chi connectivity index (χ2n) is 23.2. The molecule has 0 radical (unpaired) electrons. The van der Waals surface area contributed by atoms with Gasteiger partial charge in [-0.05, 0) is 82.0 Å². The van der Waals surface area contributed by atoms with E-state index in [1.165, 1.54) is 47.8 Å². The van der Waals surface area contributed by atoms with E-state index < -0.39 is 146 Å². The SMILES string of the molecule is CC(=O)N[C@@H]1[C@@H](O)C[C@](OCCCSCCNC(=O)c2ccc(C(=O)NCCSCCCO[C@]3(C(=O)O)C[C@H](O)[C@@H](NC(C)=O)[C@H](C(O)[C@H](O)CNC(=O)Cc4ccc(-c5ccccc5)cc4)O3)cc2)(C(=O)O)O[C@H]1C(O)[C@H](O)CNC(=O)Cc1ccc(-c2ccccc2)cc1.[Na+]. The molecule has 14 N–H and O–H groups in total. The summed E-state index contributed by atoms with van der Waals surface area (Å²) in [6.45, 7) is 1.49. The summed E-state index contributed by atoms with van der Waals surface area (Å²) < 4.78 is 23.2. The van der Waals surface area contributed by atoms with E-state index in [4.69, 9.17) is 18.9 Å². The fraction of sp³-hybridized carbons (Fsp3) is 0.441. The van der Waals surface area contributed by atoms with E-state index in [2.05, 4.69) is 31.9 Å². The first kappa shape index (κ1) is 79.1. The quantitative estimate of drug-likeness (QED) is 0.0165. The number of hydrogen-bond acceptors (Lipinski definition) is 20. The van der Waals surface area contributed by atoms with Crippen molar-refractivity contribution in [1.29, 1.82) is 0 Å². The van der Waals surface area contributed by atoms with Crippen LogP contribution in [0.2, 0.25) is 0 Å². The number of hydrogen-bond donors (Lipinski definition) is 14. The fourth-order valence-corrected chi connectivity index (χ4v) is 12.4. The van der Waals surface area contributed by atoms with Crippen LogP contribution in [0.1, 0.15) is 71.4 Å². The average molecular weight is 1390 g/mol. The largest absolute Gasteiger partial charge is 1.00 e. The van der Waals surface area contributed by atoms with Crippen molar-refractivity contribution >= 4 is 70.9 Å². The average Bonchev–Trinajstić information content (AvgIpc) is 0.778. The minimum absolute atomic E-state index is 0. The Balaban J connectivity index is 0.0000149. The molecule has 0 aliphatic carbocycles. The molecule has 2 aliphatic heterocycles. The Kier molecular flexibility index (Phi) is 31.9. The van der Waals surface area contributed by atoms with Gasteiger partial charge in [0.05, 0.1) is 62.6 Å². The Hall–Kier alpha value is -6.84. The Labute approximate surface area is 592 Å². The second-order valence-corrected chi connectivity index (χ2v) is 25.6. The van der Waals surface area contributed by atoms with Gasteiger partial charge in [-0.25, -0.2) is 9.59 Å². The van der Waals surface area contributed by atoms with E-state index >= 15 is 0 Å². The molecular weight excluding hydrogens is 1310 g/mol. The van der Waals surface area contributed by atoms with Gasteiger partial charge >= 0.3 is 41.5 Å². The summed E-state index contributed by atoms with van der Waals surface area (Å²) in [5, 5.41) is 103. The van der Waals surface area contributed by atoms with E-state index in [1.807, 2.05) is 84.9 Å². The van der Waals surface area contributed by atoms with E-state index in [0.29, 0.717) is 58.1 Å². The molecule has 2 saturated heterocycles. The minimum atomic E-state index is -2.48. The third-order valence-electron chi connectivity index (χ3n) is 15.9. The number of carboxylic acids is 2. The molecule has 2 heterocycles. The third kappa shape index (κ3) is 23.7. The van der Waals surface area contributed by atoms with Gasteiger partial charge in [0, 0.05) is 75.5 Å². The van der Waals surface area contributed by atoms with Crippen molar-refractivity contribution < 1.29 is 128 Å². The number of amides is 6. The first-order valence-electron chi connectivity index (χ1n) is 31.3. The van der Waals surface area contributed by atoms with Crippen LogP contribution in [0.3, 0.4) is 0 Å². The molecule has 97 heavy (non-hydrogen) atoms. The number of benzene rings is 5. The summed E-state index contributed by atoms with van der Waals surface area (Å²) in [7, 11) is 0. The van der Waals surface area contributed by atoms with E-state index in [1.54, 1.807) is 24.3 Å². The zero-order valence-electron chi connectivity index (χ0n) is 54.1. The maximum absolute atomic E-state index is 12.9. The zero-order chi connectivity index (χ0) is 69.4. The smallest absolute Gasteiger partial charge is 0.477 e. The number of aliphatic hydroxyl groups is 6. The van der Waals surface area contributed by atoms with Gasteiger partial charge in [-0.3, -0.25) is 28.8 Å². The van der Waals surface area contributed by atoms with Crippen LogP contribution in [0.4, 0.5) is 0 Å². The summed E-state index contributed by atoms with van der Waals surface area (Å²) in [5.74, 6) is -9.41. The molecule has 26 nitrogen and oxygen atoms in total. The summed E-state index contributed by atoms with van der Waals surface area (Å²) in [6, 6.07) is 37.3. The number of carbonyl (C=O) groups excluding carboxylic acids is 6. The molecule has 0 bridgehead atoms. The fourth-order valence-electron chi connectivity index (χ4n) is 10.9. The molecule has 0 saturated carbocycles. The van der Waals surface area contributed by atoms with Crippen LogP contribution in [-0.4, -0.2) is 223 Å². The molecule has 29 heteroatoms. The predicted octanol–water partition coefficient (Wildman–Crippen LogP) is -1.20. The van der Waals surface area contributed by atoms with Crippen molar-refractivity contribution in [2.45, 2.75) is 125 Å². The van der Waals surface area contributed by atoms with Crippen LogP contribution in [0.25, 0.3) is 22.3 Å². The number of ether oxygens (including phenoxy) is 4. The Morgan fingerprint density at radius 2 is 0.835 bits per heavy atom. The standard InChI is InChI=1S/C68H84N6O20S2.Na/c1-41(75)73-57-51(77)37-67(65(87)88,93-61(57)59(83)53(79)39-71-55(81)35-43-15-19-47(20-16-43)45-11-5-3-6-12-45)91-29-9-31-95-33-27-69-63(85)49-23-25-50(26-24-49)64(86)70-28-34-96-32-10-30-92-68(66(89)90)38-52(78)58(74-42(2)76)62(94-68)60(84)54(80)40-72-56(82)36-44-17-21-48(22-18-44)46-13-7-4-8-14-46;/h3-8,11-26,51-54,57-62,77-80,83-84H,9-10,27-40H2,1-2H3,(H,69,85)(H,70,86)(H,71,81)(H,72,82)(H,73,75)(H,74,76)(H,87,88)(H,89,90);/q;+1/t51-,52-,53+,54+,57+,58+,59?,60?,61+,62+,67+,68+;/m0./s1. The Morgan fingerprint density at radius 3 is 1.16 bits per heavy atom. The molecule has 0 spiro atoms. The summed E-state index contributed by atoms with van der Waals surface area (Å²) in [6.07, 6.45) is -14.7. The molecular formula is C68H84N6NaO20S2+. The summed E-state index contributed by atoms with van der Waals surface area (Å²) in [4.78, 5) is 101. The molecule has 6 amide bonds. The number of carbonyl (C=O) groups is 8. The Morgan fingerprint density at radius 1 is 0.495 bits per heavy atom. The van der Waals surface area contributed by atoms with Crippen LogP contribution in [-0.2, 0) is 60.6 Å². The van der Waals surface area contributed by atoms with Gasteiger partial charge in [-0.2, -0.15) is 23.5 Å². The second kappa shape index (κ2) is 39.1. The van der Waals surface area contributed by atoms with Gasteiger partial charge in [0.25, 0.3) is 23.4 Å². The molecule has 518 valence electrons. The number of nitrogens with one attached hydrogen (secondary N) is 6. The molecule has 2 fully saturated rings. The van der Waals surface area contributed by atoms with Gasteiger partial charge < -0.3 is 91.7 Å². The van der Waals surface area contributed by atoms with Crippen molar-refractivity contribution in [3.8, 4) is 22.3 Å². The number of aliphatic carboxylic acids is 2. The van der Waals surface area contributed by atoms with Crippen LogP contribution in [0, 0.1) is 0 Å². The van der Waals surface area contributed by atoms with Gasteiger partial charge in [-0.1, -0.05) is 109 Å². The van der Waals surface area contributed by atoms with Crippen molar-refractivity contribution in [2.75, 3.05) is 62.4 Å². The van der Waals surface area contributed by atoms with Crippen molar-refractivity contribution in [3.05, 3.63) is 156 Å². The van der Waals surface area contributed by atoms with Gasteiger partial charge in [-0.15, -0.1) is 0 Å². The molecule has 2 unspecified atom stereocenters. The van der Waals surface area contributed by atoms with E-state index in [-0.39, 0.29) is 68.7 Å². The van der Waals surface area contributed by atoms with Crippen LogP contribution in [0.5, 0.6) is 0 Å². The van der Waals surface area contributed by atoms with Crippen molar-refractivity contribution in [3.63, 3.8) is 0 Å². The van der Waals surface area contributed by atoms with Gasteiger partial charge in [0.15, 0.2) is 0 Å². The molecule has 5 aromatic rings. The van der Waals surface area contributed by atoms with Crippen LogP contribution in [0.15, 0.2) is 133 Å². The molecule has 7 rings (SSSR count). The molecule has 5 aromatic carbocycles. The molecule has 12 atom stereocenters. The first-order valence-corrected chi connectivity index (χ1v) is 33.7. The van der Waals surface area contributed by atoms with Gasteiger partial charge in [0.1, 0.15) is 24.4 Å². The molecule has 2 aliphatic rings. The van der Waals surface area contributed by atoms with E-state index in [0.717, 1.165) is 36.1 Å². The monoisotopic (exact) mass is 1390 g/mol. The third-order valence-corrected chi connectivity index (χ3v) is 18.0. The topological polar surface area (TPSA) is 408 Å². The van der Waals surface area contributed by atoms with Crippen molar-refractivity contribution in [2.24, 2.45) is 0 Å². The Bertz CT molecular complexity index is 3150. The maximum atomic E-state index is 12.9. The number of carboxylic acid groups (broad SMARTS) is 2.